The van der Waals surface area contributed by atoms with Gasteiger partial charge in [0.15, 0.2) is 0 Å². The third-order valence-electron chi connectivity index (χ3n) is 2.27. The lowest BCUT2D eigenvalue weighted by atomic mass is 10.1. The summed E-state index contributed by atoms with van der Waals surface area (Å²) in [6.07, 6.45) is -2.32. The van der Waals surface area contributed by atoms with E-state index in [1.807, 2.05) is 0 Å². The molecule has 0 aliphatic carbocycles. The molecule has 0 aromatic carbocycles. The van der Waals surface area contributed by atoms with Crippen molar-refractivity contribution in [1.29, 1.82) is 0 Å². The molecule has 1 heterocycles. The topological polar surface area (TPSA) is 26.3 Å². The molecule has 0 bridgehead atoms. The number of ketones is 1. The Morgan fingerprint density at radius 1 is 1.43 bits per heavy atom. The molecule has 1 fully saturated rings. The summed E-state index contributed by atoms with van der Waals surface area (Å²) < 4.78 is 40.5. The first-order chi connectivity index (χ1) is 6.50. The third kappa shape index (κ3) is 3.65. The first-order valence-electron chi connectivity index (χ1n) is 4.72. The molecule has 0 spiro atoms. The van der Waals surface area contributed by atoms with Gasteiger partial charge in [0.25, 0.3) is 0 Å². The first kappa shape index (κ1) is 11.5. The van der Waals surface area contributed by atoms with E-state index in [2.05, 4.69) is 0 Å². The second-order valence-corrected chi connectivity index (χ2v) is 3.45. The molecule has 1 aliphatic rings. The van der Waals surface area contributed by atoms with Crippen LogP contribution in [0.25, 0.3) is 0 Å². The fourth-order valence-corrected chi connectivity index (χ4v) is 1.50. The molecule has 2 nitrogen and oxygen atoms in total. The maximum Gasteiger partial charge on any atom is 0.449 e. The second kappa shape index (κ2) is 4.77. The Morgan fingerprint density at radius 2 is 2.14 bits per heavy atom. The van der Waals surface area contributed by atoms with Crippen molar-refractivity contribution in [3.05, 3.63) is 0 Å². The van der Waals surface area contributed by atoms with Crippen molar-refractivity contribution >= 4 is 5.78 Å². The van der Waals surface area contributed by atoms with Crippen molar-refractivity contribution in [1.82, 2.24) is 0 Å². The van der Waals surface area contributed by atoms with Crippen molar-refractivity contribution < 1.29 is 22.7 Å². The largest absolute Gasteiger partial charge is 0.449 e. The Hall–Kier alpha value is -0.580. The van der Waals surface area contributed by atoms with Gasteiger partial charge in [-0.2, -0.15) is 13.2 Å². The van der Waals surface area contributed by atoms with Crippen LogP contribution in [0.1, 0.15) is 32.1 Å². The molecule has 82 valence electrons. The number of hydrogen-bond acceptors (Lipinski definition) is 2. The third-order valence-corrected chi connectivity index (χ3v) is 2.27. The molecule has 0 saturated carbocycles. The monoisotopic (exact) mass is 210 g/mol. The Balaban J connectivity index is 2.11. The van der Waals surface area contributed by atoms with E-state index in [0.29, 0.717) is 13.0 Å². The fraction of sp³-hybridized carbons (Fsp3) is 0.889. The van der Waals surface area contributed by atoms with Crippen molar-refractivity contribution in [3.63, 3.8) is 0 Å². The number of rotatable bonds is 4. The summed E-state index contributed by atoms with van der Waals surface area (Å²) in [7, 11) is 0. The normalized spacial score (nSPS) is 22.6. The second-order valence-electron chi connectivity index (χ2n) is 3.45. The number of halogens is 3. The lowest BCUT2D eigenvalue weighted by Crippen LogP contribution is -2.22. The molecule has 0 N–H and O–H groups in total. The quantitative estimate of drug-likeness (QED) is 0.712. The molecule has 14 heavy (non-hydrogen) atoms. The smallest absolute Gasteiger partial charge is 0.378 e. The van der Waals surface area contributed by atoms with E-state index in [1.165, 1.54) is 0 Å². The van der Waals surface area contributed by atoms with E-state index in [-0.39, 0.29) is 12.5 Å². The van der Waals surface area contributed by atoms with E-state index in [9.17, 15) is 18.0 Å². The number of alkyl halides is 3. The minimum atomic E-state index is -4.67. The van der Waals surface area contributed by atoms with Crippen LogP contribution in [0.2, 0.25) is 0 Å². The van der Waals surface area contributed by atoms with Crippen molar-refractivity contribution in [3.8, 4) is 0 Å². The van der Waals surface area contributed by atoms with Gasteiger partial charge in [0.2, 0.25) is 5.78 Å². The van der Waals surface area contributed by atoms with Gasteiger partial charge in [-0.3, -0.25) is 4.79 Å². The standard InChI is InChI=1S/C9H13F3O2/c10-9(11,12)8(13)5-1-3-7-4-2-6-14-7/h7H,1-6H2. The van der Waals surface area contributed by atoms with Gasteiger partial charge in [0.1, 0.15) is 0 Å². The number of carbonyl (C=O) groups is 1. The lowest BCUT2D eigenvalue weighted by Gasteiger charge is -2.09. The molecule has 0 radical (unpaired) electrons. The number of ether oxygens (including phenoxy) is 1. The van der Waals surface area contributed by atoms with Crippen molar-refractivity contribution in [2.75, 3.05) is 6.61 Å². The minimum Gasteiger partial charge on any atom is -0.378 e. The molecular weight excluding hydrogens is 197 g/mol. The molecular formula is C9H13F3O2. The van der Waals surface area contributed by atoms with Crippen LogP contribution in [0.4, 0.5) is 13.2 Å². The van der Waals surface area contributed by atoms with Crippen LogP contribution in [0.3, 0.4) is 0 Å². The fourth-order valence-electron chi connectivity index (χ4n) is 1.50. The molecule has 1 saturated heterocycles. The van der Waals surface area contributed by atoms with Crippen LogP contribution < -0.4 is 0 Å². The summed E-state index contributed by atoms with van der Waals surface area (Å²) >= 11 is 0. The Bertz CT molecular complexity index is 195. The molecule has 1 rings (SSSR count). The number of hydrogen-bond donors (Lipinski definition) is 0. The first-order valence-corrected chi connectivity index (χ1v) is 4.72. The minimum absolute atomic E-state index is 0.0658. The van der Waals surface area contributed by atoms with Crippen molar-refractivity contribution in [2.45, 2.75) is 44.4 Å². The Morgan fingerprint density at radius 3 is 2.64 bits per heavy atom. The van der Waals surface area contributed by atoms with Crippen LogP contribution in [0.15, 0.2) is 0 Å². The van der Waals surface area contributed by atoms with Gasteiger partial charge in [-0.15, -0.1) is 0 Å². The van der Waals surface area contributed by atoms with Gasteiger partial charge >= 0.3 is 6.18 Å². The van der Waals surface area contributed by atoms with E-state index in [1.54, 1.807) is 0 Å². The molecule has 0 aromatic heterocycles. The zero-order valence-corrected chi connectivity index (χ0v) is 7.77. The van der Waals surface area contributed by atoms with Crippen molar-refractivity contribution in [2.24, 2.45) is 0 Å². The van der Waals surface area contributed by atoms with Crippen LogP contribution in [-0.2, 0) is 9.53 Å². The molecule has 0 amide bonds. The summed E-state index contributed by atoms with van der Waals surface area (Å²) in [6.45, 7) is 0.692. The zero-order chi connectivity index (χ0) is 10.6. The van der Waals surface area contributed by atoms with Gasteiger partial charge in [0.05, 0.1) is 6.10 Å². The maximum atomic E-state index is 11.8. The predicted molar refractivity (Wildman–Crippen MR) is 43.9 cm³/mol. The van der Waals surface area contributed by atoms with Gasteiger partial charge in [-0.25, -0.2) is 0 Å². The average Bonchev–Trinajstić information content (AvgIpc) is 2.55. The van der Waals surface area contributed by atoms with E-state index < -0.39 is 18.4 Å². The average molecular weight is 210 g/mol. The van der Waals surface area contributed by atoms with Gasteiger partial charge < -0.3 is 4.74 Å². The summed E-state index contributed by atoms with van der Waals surface area (Å²) in [6, 6.07) is 0. The Kier molecular flexibility index (Phi) is 3.92. The molecule has 1 aliphatic heterocycles. The summed E-state index contributed by atoms with van der Waals surface area (Å²) in [5.41, 5.74) is 0. The summed E-state index contributed by atoms with van der Waals surface area (Å²) in [5.74, 6) is -1.63. The highest BCUT2D eigenvalue weighted by Crippen LogP contribution is 2.22. The molecule has 1 unspecified atom stereocenters. The highest BCUT2D eigenvalue weighted by Gasteiger charge is 2.37. The zero-order valence-electron chi connectivity index (χ0n) is 7.77. The van der Waals surface area contributed by atoms with Gasteiger partial charge in [-0.1, -0.05) is 0 Å². The number of Topliss-reactive ketones (excluding diaryl/α,β-unsaturated/α-hetero) is 1. The summed E-state index contributed by atoms with van der Waals surface area (Å²) in [5, 5.41) is 0. The van der Waals surface area contributed by atoms with E-state index in [4.69, 9.17) is 4.74 Å². The summed E-state index contributed by atoms with van der Waals surface area (Å²) in [4.78, 5) is 10.5. The highest BCUT2D eigenvalue weighted by molar-refractivity contribution is 5.83. The SMILES string of the molecule is O=C(CCCC1CCCO1)C(F)(F)F. The van der Waals surface area contributed by atoms with E-state index in [0.717, 1.165) is 12.8 Å². The van der Waals surface area contributed by atoms with Gasteiger partial charge in [0, 0.05) is 13.0 Å². The van der Waals surface area contributed by atoms with Gasteiger partial charge in [-0.05, 0) is 25.7 Å². The maximum absolute atomic E-state index is 11.8. The van der Waals surface area contributed by atoms with E-state index >= 15 is 0 Å². The highest BCUT2D eigenvalue weighted by atomic mass is 19.4. The molecule has 0 aromatic rings. The van der Waals surface area contributed by atoms with Crippen LogP contribution >= 0.6 is 0 Å². The molecule has 5 heteroatoms. The Labute approximate surface area is 80.4 Å². The van der Waals surface area contributed by atoms with Crippen LogP contribution in [0, 0.1) is 0 Å². The predicted octanol–water partition coefficient (Wildman–Crippen LogP) is 2.47. The lowest BCUT2D eigenvalue weighted by molar-refractivity contribution is -0.171. The molecule has 1 atom stereocenters. The van der Waals surface area contributed by atoms with Crippen LogP contribution in [-0.4, -0.2) is 24.7 Å². The number of carbonyl (C=O) groups excluding carboxylic acids is 1. The van der Waals surface area contributed by atoms with Crippen LogP contribution in [0.5, 0.6) is 0 Å².